The Labute approximate surface area is 207 Å². The summed E-state index contributed by atoms with van der Waals surface area (Å²) in [4.78, 5) is 16.5. The summed E-state index contributed by atoms with van der Waals surface area (Å²) in [5.74, 6) is 1.47. The molecule has 0 aromatic heterocycles. The summed E-state index contributed by atoms with van der Waals surface area (Å²) in [6.45, 7) is 5.91. The first-order chi connectivity index (χ1) is 15.0. The van der Waals surface area contributed by atoms with Crippen molar-refractivity contribution in [1.82, 2.24) is 10.6 Å². The molecule has 1 amide bonds. The molecule has 174 valence electrons. The predicted octanol–water partition coefficient (Wildman–Crippen LogP) is 3.86. The smallest absolute Gasteiger partial charge is 0.253 e. The maximum atomic E-state index is 12.2. The van der Waals surface area contributed by atoms with Crippen molar-refractivity contribution in [3.63, 3.8) is 0 Å². The van der Waals surface area contributed by atoms with Crippen LogP contribution in [0.2, 0.25) is 0 Å². The maximum Gasteiger partial charge on any atom is 0.253 e. The minimum atomic E-state index is -0.339. The van der Waals surface area contributed by atoms with Crippen LogP contribution in [0, 0.1) is 6.92 Å². The number of hydrogen-bond acceptors (Lipinski definition) is 4. The van der Waals surface area contributed by atoms with Crippen LogP contribution in [0.4, 0.5) is 5.69 Å². The van der Waals surface area contributed by atoms with E-state index in [-0.39, 0.29) is 42.1 Å². The number of amides is 1. The fraction of sp³-hybridized carbons (Fsp3) is 0.417. The number of aliphatic imine (C=N–C) groups is 1. The standard InChI is InChI=1S/C24H32N4O3.HI/c1-17-7-4-10-21(13-17)31-18(2)15-26-24(25-3)27-16-19-8-5-9-20(14-19)28-23(29)22-11-6-12-30-22;/h4-5,7-10,13-14,18,22H,6,11-12,15-16H2,1-3H3,(H,28,29)(H2,25,26,27);1H. The average Bonchev–Trinajstić information content (AvgIpc) is 3.29. The zero-order chi connectivity index (χ0) is 22.1. The third-order valence-corrected chi connectivity index (χ3v) is 4.98. The molecule has 0 aliphatic carbocycles. The van der Waals surface area contributed by atoms with E-state index in [1.54, 1.807) is 7.05 Å². The third-order valence-electron chi connectivity index (χ3n) is 4.98. The molecule has 3 rings (SSSR count). The van der Waals surface area contributed by atoms with Gasteiger partial charge in [-0.1, -0.05) is 24.3 Å². The highest BCUT2D eigenvalue weighted by Crippen LogP contribution is 2.16. The molecule has 1 fully saturated rings. The molecule has 0 saturated carbocycles. The van der Waals surface area contributed by atoms with Crippen LogP contribution in [-0.2, 0) is 16.1 Å². The SMILES string of the molecule is CN=C(NCc1cccc(NC(=O)C2CCCO2)c1)NCC(C)Oc1cccc(C)c1.I. The van der Waals surface area contributed by atoms with Gasteiger partial charge in [0.2, 0.25) is 0 Å². The number of benzene rings is 2. The van der Waals surface area contributed by atoms with E-state index in [9.17, 15) is 4.79 Å². The molecule has 1 saturated heterocycles. The summed E-state index contributed by atoms with van der Waals surface area (Å²) in [6, 6.07) is 15.8. The molecule has 0 radical (unpaired) electrons. The first kappa shape index (κ1) is 25.9. The Morgan fingerprint density at radius 2 is 2.03 bits per heavy atom. The van der Waals surface area contributed by atoms with Gasteiger partial charge >= 0.3 is 0 Å². The summed E-state index contributed by atoms with van der Waals surface area (Å²) in [5.41, 5.74) is 2.98. The van der Waals surface area contributed by atoms with Crippen LogP contribution in [0.1, 0.15) is 30.9 Å². The first-order valence-electron chi connectivity index (χ1n) is 10.7. The highest BCUT2D eigenvalue weighted by Gasteiger charge is 2.23. The number of nitrogens with one attached hydrogen (secondary N) is 3. The topological polar surface area (TPSA) is 84.0 Å². The molecular weight excluding hydrogens is 519 g/mol. The number of hydrogen-bond donors (Lipinski definition) is 3. The Balaban J connectivity index is 0.00000363. The summed E-state index contributed by atoms with van der Waals surface area (Å²) < 4.78 is 11.4. The van der Waals surface area contributed by atoms with Crippen molar-refractivity contribution in [2.24, 2.45) is 4.99 Å². The van der Waals surface area contributed by atoms with Crippen LogP contribution in [0.5, 0.6) is 5.75 Å². The number of carbonyl (C=O) groups excluding carboxylic acids is 1. The minimum Gasteiger partial charge on any atom is -0.489 e. The fourth-order valence-corrected chi connectivity index (χ4v) is 3.38. The number of rotatable bonds is 8. The first-order valence-corrected chi connectivity index (χ1v) is 10.7. The van der Waals surface area contributed by atoms with Gasteiger partial charge in [0.25, 0.3) is 5.91 Å². The molecule has 32 heavy (non-hydrogen) atoms. The van der Waals surface area contributed by atoms with Crippen molar-refractivity contribution in [2.75, 3.05) is 25.5 Å². The van der Waals surface area contributed by atoms with Gasteiger partial charge in [0.1, 0.15) is 18.0 Å². The summed E-state index contributed by atoms with van der Waals surface area (Å²) in [5, 5.41) is 9.52. The number of nitrogens with zero attached hydrogens (tertiary/aromatic N) is 1. The van der Waals surface area contributed by atoms with Gasteiger partial charge in [-0.25, -0.2) is 0 Å². The fourth-order valence-electron chi connectivity index (χ4n) is 3.38. The van der Waals surface area contributed by atoms with Crippen molar-refractivity contribution in [1.29, 1.82) is 0 Å². The number of ether oxygens (including phenoxy) is 2. The van der Waals surface area contributed by atoms with E-state index < -0.39 is 0 Å². The highest BCUT2D eigenvalue weighted by atomic mass is 127. The molecule has 7 nitrogen and oxygen atoms in total. The predicted molar refractivity (Wildman–Crippen MR) is 139 cm³/mol. The van der Waals surface area contributed by atoms with Crippen molar-refractivity contribution in [3.8, 4) is 5.75 Å². The van der Waals surface area contributed by atoms with Crippen LogP contribution >= 0.6 is 24.0 Å². The molecule has 0 bridgehead atoms. The molecule has 3 N–H and O–H groups in total. The van der Waals surface area contributed by atoms with E-state index in [4.69, 9.17) is 9.47 Å². The lowest BCUT2D eigenvalue weighted by atomic mass is 10.2. The van der Waals surface area contributed by atoms with E-state index in [0.29, 0.717) is 25.7 Å². The molecule has 8 heteroatoms. The molecule has 2 aromatic carbocycles. The van der Waals surface area contributed by atoms with Gasteiger partial charge in [-0.2, -0.15) is 0 Å². The Morgan fingerprint density at radius 3 is 2.75 bits per heavy atom. The van der Waals surface area contributed by atoms with Gasteiger partial charge in [-0.05, 0) is 62.1 Å². The zero-order valence-corrected chi connectivity index (χ0v) is 21.2. The summed E-state index contributed by atoms with van der Waals surface area (Å²) in [7, 11) is 1.74. The average molecular weight is 552 g/mol. The van der Waals surface area contributed by atoms with Crippen molar-refractivity contribution in [3.05, 3.63) is 59.7 Å². The zero-order valence-electron chi connectivity index (χ0n) is 18.9. The van der Waals surface area contributed by atoms with E-state index >= 15 is 0 Å². The van der Waals surface area contributed by atoms with Gasteiger partial charge in [0.15, 0.2) is 5.96 Å². The van der Waals surface area contributed by atoms with Crippen molar-refractivity contribution >= 4 is 41.5 Å². The van der Waals surface area contributed by atoms with Crippen LogP contribution in [0.25, 0.3) is 0 Å². The maximum absolute atomic E-state index is 12.2. The second-order valence-corrected chi connectivity index (χ2v) is 7.74. The second kappa shape index (κ2) is 13.3. The number of guanidine groups is 1. The van der Waals surface area contributed by atoms with Crippen molar-refractivity contribution < 1.29 is 14.3 Å². The van der Waals surface area contributed by atoms with Gasteiger partial charge in [0, 0.05) is 25.9 Å². The normalized spacial score (nSPS) is 16.6. The van der Waals surface area contributed by atoms with Crippen LogP contribution in [0.15, 0.2) is 53.5 Å². The molecule has 1 aliphatic heterocycles. The molecule has 1 aliphatic rings. The highest BCUT2D eigenvalue weighted by molar-refractivity contribution is 14.0. The third kappa shape index (κ3) is 8.31. The molecule has 2 aromatic rings. The number of carbonyl (C=O) groups is 1. The Kier molecular flexibility index (Phi) is 10.8. The van der Waals surface area contributed by atoms with Gasteiger partial charge in [-0.3, -0.25) is 9.79 Å². The number of anilines is 1. The minimum absolute atomic E-state index is 0. The summed E-state index contributed by atoms with van der Waals surface area (Å²) in [6.07, 6.45) is 1.36. The van der Waals surface area contributed by atoms with Gasteiger partial charge in [0.05, 0.1) is 6.54 Å². The molecular formula is C24H33IN4O3. The van der Waals surface area contributed by atoms with E-state index in [1.165, 1.54) is 5.56 Å². The monoisotopic (exact) mass is 552 g/mol. The molecule has 0 spiro atoms. The lowest BCUT2D eigenvalue weighted by Gasteiger charge is -2.18. The van der Waals surface area contributed by atoms with Gasteiger partial charge in [-0.15, -0.1) is 24.0 Å². The number of aryl methyl sites for hydroxylation is 1. The lowest BCUT2D eigenvalue weighted by Crippen LogP contribution is -2.41. The second-order valence-electron chi connectivity index (χ2n) is 7.74. The molecule has 2 unspecified atom stereocenters. The van der Waals surface area contributed by atoms with Crippen LogP contribution < -0.4 is 20.7 Å². The van der Waals surface area contributed by atoms with Crippen LogP contribution in [0.3, 0.4) is 0 Å². The Bertz CT molecular complexity index is 900. The van der Waals surface area contributed by atoms with E-state index in [0.717, 1.165) is 29.8 Å². The molecule has 2 atom stereocenters. The molecule has 1 heterocycles. The lowest BCUT2D eigenvalue weighted by molar-refractivity contribution is -0.124. The number of halogens is 1. The summed E-state index contributed by atoms with van der Waals surface area (Å²) >= 11 is 0. The van der Waals surface area contributed by atoms with Crippen molar-refractivity contribution in [2.45, 2.75) is 45.4 Å². The van der Waals surface area contributed by atoms with E-state index in [2.05, 4.69) is 20.9 Å². The quantitative estimate of drug-likeness (QED) is 0.263. The van der Waals surface area contributed by atoms with Gasteiger partial charge < -0.3 is 25.4 Å². The van der Waals surface area contributed by atoms with Crippen LogP contribution in [-0.4, -0.2) is 44.3 Å². The Morgan fingerprint density at radius 1 is 1.22 bits per heavy atom. The Hall–Kier alpha value is -2.33. The largest absolute Gasteiger partial charge is 0.489 e. The van der Waals surface area contributed by atoms with E-state index in [1.807, 2.05) is 62.4 Å².